The lowest BCUT2D eigenvalue weighted by Crippen LogP contribution is -1.97. The van der Waals surface area contributed by atoms with Gasteiger partial charge in [-0.05, 0) is 18.2 Å². The van der Waals surface area contributed by atoms with E-state index in [2.05, 4.69) is 10.2 Å². The second-order valence-corrected chi connectivity index (χ2v) is 4.75. The molecule has 0 amide bonds. The van der Waals surface area contributed by atoms with Crippen LogP contribution in [0.25, 0.3) is 17.1 Å². The largest absolute Gasteiger partial charge is 0.282 e. The van der Waals surface area contributed by atoms with Crippen LogP contribution >= 0.6 is 11.6 Å². The average molecular weight is 301 g/mol. The Kier molecular flexibility index (Phi) is 3.37. The molecule has 21 heavy (non-hydrogen) atoms. The summed E-state index contributed by atoms with van der Waals surface area (Å²) in [4.78, 5) is 10.4. The highest BCUT2D eigenvalue weighted by Crippen LogP contribution is 2.28. The van der Waals surface area contributed by atoms with Crippen LogP contribution in [-0.2, 0) is 0 Å². The summed E-state index contributed by atoms with van der Waals surface area (Å²) in [5, 5.41) is 19.1. The van der Waals surface area contributed by atoms with Gasteiger partial charge in [-0.3, -0.25) is 14.7 Å². The van der Waals surface area contributed by atoms with Crippen molar-refractivity contribution in [1.29, 1.82) is 0 Å². The fraction of sp³-hybridized carbons (Fsp3) is 0. The highest BCUT2D eigenvalue weighted by molar-refractivity contribution is 6.31. The van der Waals surface area contributed by atoms with Gasteiger partial charge in [-0.15, -0.1) is 10.2 Å². The van der Waals surface area contributed by atoms with E-state index in [4.69, 9.17) is 11.6 Å². The van der Waals surface area contributed by atoms with Crippen LogP contribution in [0.15, 0.2) is 54.9 Å². The molecule has 0 atom stereocenters. The standard InChI is InChI=1S/C14H9ClN4O2/c15-11-6-10(7-13(8-11)19(20)21)14-17-16-9-18(14)12-4-2-1-3-5-12/h1-9H. The molecule has 0 saturated heterocycles. The second kappa shape index (κ2) is 5.34. The third-order valence-electron chi connectivity index (χ3n) is 2.93. The maximum atomic E-state index is 10.9. The fourth-order valence-electron chi connectivity index (χ4n) is 2.02. The number of halogens is 1. The number of para-hydroxylation sites is 1. The number of nitrogens with zero attached hydrogens (tertiary/aromatic N) is 4. The third kappa shape index (κ3) is 2.61. The molecule has 0 radical (unpaired) electrons. The number of rotatable bonds is 3. The topological polar surface area (TPSA) is 73.8 Å². The predicted molar refractivity (Wildman–Crippen MR) is 78.5 cm³/mol. The first-order valence-electron chi connectivity index (χ1n) is 6.06. The summed E-state index contributed by atoms with van der Waals surface area (Å²) in [6.07, 6.45) is 1.55. The number of hydrogen-bond acceptors (Lipinski definition) is 4. The van der Waals surface area contributed by atoms with E-state index in [9.17, 15) is 10.1 Å². The third-order valence-corrected chi connectivity index (χ3v) is 3.15. The van der Waals surface area contributed by atoms with Gasteiger partial charge < -0.3 is 0 Å². The van der Waals surface area contributed by atoms with Crippen LogP contribution in [0.5, 0.6) is 0 Å². The van der Waals surface area contributed by atoms with Crippen LogP contribution in [-0.4, -0.2) is 19.7 Å². The first-order chi connectivity index (χ1) is 10.1. The highest BCUT2D eigenvalue weighted by Gasteiger charge is 2.15. The van der Waals surface area contributed by atoms with E-state index in [-0.39, 0.29) is 10.7 Å². The molecule has 104 valence electrons. The summed E-state index contributed by atoms with van der Waals surface area (Å²) in [5.74, 6) is 0.492. The Labute approximate surface area is 124 Å². The Bertz CT molecular complexity index is 802. The second-order valence-electron chi connectivity index (χ2n) is 4.32. The van der Waals surface area contributed by atoms with E-state index in [1.807, 2.05) is 30.3 Å². The molecule has 1 aromatic heterocycles. The first-order valence-corrected chi connectivity index (χ1v) is 6.44. The van der Waals surface area contributed by atoms with Crippen molar-refractivity contribution in [3.8, 4) is 17.1 Å². The minimum absolute atomic E-state index is 0.0832. The molecule has 2 aromatic carbocycles. The lowest BCUT2D eigenvalue weighted by molar-refractivity contribution is -0.384. The SMILES string of the molecule is O=[N+]([O-])c1cc(Cl)cc(-c2nncn2-c2ccccc2)c1. The van der Waals surface area contributed by atoms with Crippen LogP contribution in [0.3, 0.4) is 0 Å². The summed E-state index contributed by atoms with van der Waals surface area (Å²) in [6, 6.07) is 13.8. The van der Waals surface area contributed by atoms with Gasteiger partial charge in [0.15, 0.2) is 5.82 Å². The molecule has 0 saturated carbocycles. The van der Waals surface area contributed by atoms with Gasteiger partial charge in [0.25, 0.3) is 5.69 Å². The molecule has 0 aliphatic heterocycles. The predicted octanol–water partition coefficient (Wildman–Crippen LogP) is 3.50. The van der Waals surface area contributed by atoms with Gasteiger partial charge in [-0.2, -0.15) is 0 Å². The van der Waals surface area contributed by atoms with Gasteiger partial charge in [-0.1, -0.05) is 29.8 Å². The molecule has 1 heterocycles. The molecule has 0 bridgehead atoms. The van der Waals surface area contributed by atoms with E-state index < -0.39 is 4.92 Å². The maximum Gasteiger partial charge on any atom is 0.271 e. The quantitative estimate of drug-likeness (QED) is 0.548. The summed E-state index contributed by atoms with van der Waals surface area (Å²) in [6.45, 7) is 0. The normalized spacial score (nSPS) is 10.5. The zero-order chi connectivity index (χ0) is 14.8. The van der Waals surface area contributed by atoms with Crippen molar-refractivity contribution < 1.29 is 4.92 Å². The minimum Gasteiger partial charge on any atom is -0.282 e. The molecule has 0 aliphatic rings. The lowest BCUT2D eigenvalue weighted by Gasteiger charge is -2.06. The molecule has 6 nitrogen and oxygen atoms in total. The van der Waals surface area contributed by atoms with Crippen molar-refractivity contribution >= 4 is 17.3 Å². The zero-order valence-electron chi connectivity index (χ0n) is 10.7. The molecular formula is C14H9ClN4O2. The summed E-state index contributed by atoms with van der Waals surface area (Å²) >= 11 is 5.95. The van der Waals surface area contributed by atoms with Gasteiger partial charge in [0.2, 0.25) is 0 Å². The van der Waals surface area contributed by atoms with Gasteiger partial charge >= 0.3 is 0 Å². The Balaban J connectivity index is 2.15. The van der Waals surface area contributed by atoms with Crippen molar-refractivity contribution in [2.24, 2.45) is 0 Å². The van der Waals surface area contributed by atoms with Gasteiger partial charge in [0.1, 0.15) is 6.33 Å². The molecule has 0 N–H and O–H groups in total. The van der Waals surface area contributed by atoms with Crippen LogP contribution in [0.1, 0.15) is 0 Å². The summed E-state index contributed by atoms with van der Waals surface area (Å²) in [7, 11) is 0. The number of aromatic nitrogens is 3. The highest BCUT2D eigenvalue weighted by atomic mass is 35.5. The Morgan fingerprint density at radius 3 is 2.62 bits per heavy atom. The lowest BCUT2D eigenvalue weighted by atomic mass is 10.2. The van der Waals surface area contributed by atoms with Gasteiger partial charge in [-0.25, -0.2) is 0 Å². The fourth-order valence-corrected chi connectivity index (χ4v) is 2.25. The molecule has 0 spiro atoms. The van der Waals surface area contributed by atoms with Gasteiger partial charge in [0.05, 0.1) is 4.92 Å². The van der Waals surface area contributed by atoms with E-state index in [1.165, 1.54) is 12.1 Å². The van der Waals surface area contributed by atoms with Crippen molar-refractivity contribution in [1.82, 2.24) is 14.8 Å². The number of nitro groups is 1. The van der Waals surface area contributed by atoms with Crippen molar-refractivity contribution in [2.75, 3.05) is 0 Å². The number of non-ortho nitro benzene ring substituents is 1. The van der Waals surface area contributed by atoms with E-state index in [0.717, 1.165) is 5.69 Å². The van der Waals surface area contributed by atoms with Crippen molar-refractivity contribution in [3.05, 3.63) is 70.0 Å². The monoisotopic (exact) mass is 300 g/mol. The van der Waals surface area contributed by atoms with Crippen molar-refractivity contribution in [2.45, 2.75) is 0 Å². The molecule has 3 aromatic rings. The van der Waals surface area contributed by atoms with E-state index in [0.29, 0.717) is 11.4 Å². The molecule has 0 unspecified atom stereocenters. The summed E-state index contributed by atoms with van der Waals surface area (Å²) in [5.41, 5.74) is 1.32. The molecule has 3 rings (SSSR count). The van der Waals surface area contributed by atoms with Crippen LogP contribution in [0, 0.1) is 10.1 Å². The van der Waals surface area contributed by atoms with Crippen molar-refractivity contribution in [3.63, 3.8) is 0 Å². The van der Waals surface area contributed by atoms with E-state index in [1.54, 1.807) is 17.0 Å². The number of benzene rings is 2. The molecule has 7 heteroatoms. The maximum absolute atomic E-state index is 10.9. The summed E-state index contributed by atoms with van der Waals surface area (Å²) < 4.78 is 1.75. The molecule has 0 aliphatic carbocycles. The zero-order valence-corrected chi connectivity index (χ0v) is 11.4. The Hall–Kier alpha value is -2.73. The Morgan fingerprint density at radius 2 is 1.90 bits per heavy atom. The number of nitro benzene ring substituents is 1. The smallest absolute Gasteiger partial charge is 0.271 e. The minimum atomic E-state index is -0.487. The van der Waals surface area contributed by atoms with Crippen LogP contribution in [0.4, 0.5) is 5.69 Å². The molecular weight excluding hydrogens is 292 g/mol. The van der Waals surface area contributed by atoms with E-state index >= 15 is 0 Å². The van der Waals surface area contributed by atoms with Crippen LogP contribution < -0.4 is 0 Å². The number of hydrogen-bond donors (Lipinski definition) is 0. The van der Waals surface area contributed by atoms with Crippen LogP contribution in [0.2, 0.25) is 5.02 Å². The Morgan fingerprint density at radius 1 is 1.14 bits per heavy atom. The first kappa shape index (κ1) is 13.3. The molecule has 0 fully saturated rings. The van der Waals surface area contributed by atoms with Gasteiger partial charge in [0, 0.05) is 28.4 Å². The average Bonchev–Trinajstić information content (AvgIpc) is 2.97.